The fourth-order valence-corrected chi connectivity index (χ4v) is 4.70. The van der Waals surface area contributed by atoms with E-state index in [4.69, 9.17) is 0 Å². The van der Waals surface area contributed by atoms with Gasteiger partial charge >= 0.3 is 0 Å². The van der Waals surface area contributed by atoms with E-state index in [2.05, 4.69) is 16.7 Å². The highest BCUT2D eigenvalue weighted by Crippen LogP contribution is 2.29. The molecule has 1 N–H and O–H groups in total. The Hall–Kier alpha value is -1.18. The van der Waals surface area contributed by atoms with Crippen molar-refractivity contribution in [1.29, 1.82) is 0 Å². The summed E-state index contributed by atoms with van der Waals surface area (Å²) in [6.07, 6.45) is 3.46. The molecule has 0 spiro atoms. The average Bonchev–Trinajstić information content (AvgIpc) is 3.06. The highest BCUT2D eigenvalue weighted by molar-refractivity contribution is 7.91. The van der Waals surface area contributed by atoms with Gasteiger partial charge in [0.2, 0.25) is 0 Å². The van der Waals surface area contributed by atoms with Crippen LogP contribution >= 0.6 is 11.3 Å². The minimum Gasteiger partial charge on any atom is -0.265 e. The van der Waals surface area contributed by atoms with Crippen LogP contribution in [0.15, 0.2) is 27.9 Å². The quantitative estimate of drug-likeness (QED) is 0.838. The third-order valence-electron chi connectivity index (χ3n) is 3.58. The zero-order valence-corrected chi connectivity index (χ0v) is 15.1. The molecule has 22 heavy (non-hydrogen) atoms. The zero-order valence-electron chi connectivity index (χ0n) is 13.5. The molecule has 2 aromatic rings. The van der Waals surface area contributed by atoms with Crippen molar-refractivity contribution in [2.45, 2.75) is 56.8 Å². The van der Waals surface area contributed by atoms with Gasteiger partial charge in [0.1, 0.15) is 4.21 Å². The number of aromatic nitrogens is 2. The Morgan fingerprint density at radius 3 is 2.73 bits per heavy atom. The number of aryl methyl sites for hydroxylation is 1. The van der Waals surface area contributed by atoms with Crippen molar-refractivity contribution in [2.24, 2.45) is 0 Å². The summed E-state index contributed by atoms with van der Waals surface area (Å²) in [6, 6.07) is 3.64. The highest BCUT2D eigenvalue weighted by Gasteiger charge is 2.26. The van der Waals surface area contributed by atoms with Crippen molar-refractivity contribution in [3.05, 3.63) is 23.7 Å². The van der Waals surface area contributed by atoms with Gasteiger partial charge in [-0.2, -0.15) is 5.10 Å². The van der Waals surface area contributed by atoms with Crippen LogP contribution in [-0.4, -0.2) is 23.7 Å². The predicted molar refractivity (Wildman–Crippen MR) is 90.5 cm³/mol. The van der Waals surface area contributed by atoms with E-state index in [0.29, 0.717) is 4.21 Å². The van der Waals surface area contributed by atoms with Crippen LogP contribution in [0.4, 0.5) is 0 Å². The van der Waals surface area contributed by atoms with Crippen LogP contribution in [0.1, 0.15) is 40.5 Å². The molecule has 0 fully saturated rings. The number of rotatable bonds is 7. The second-order valence-corrected chi connectivity index (χ2v) is 8.76. The fraction of sp³-hybridized carbons (Fsp3) is 0.533. The summed E-state index contributed by atoms with van der Waals surface area (Å²) in [4.78, 5) is 0. The molecule has 0 aliphatic rings. The van der Waals surface area contributed by atoms with E-state index in [0.717, 1.165) is 30.6 Å². The molecule has 0 aliphatic carbocycles. The molecule has 122 valence electrons. The fourth-order valence-electron chi connectivity index (χ4n) is 2.05. The number of nitrogens with one attached hydrogen (secondary N) is 1. The molecule has 0 unspecified atom stereocenters. The number of sulfonamides is 1. The van der Waals surface area contributed by atoms with Gasteiger partial charge in [-0.3, -0.25) is 4.68 Å². The van der Waals surface area contributed by atoms with Crippen LogP contribution < -0.4 is 4.72 Å². The lowest BCUT2D eigenvalue weighted by atomic mass is 10.0. The second kappa shape index (κ2) is 6.52. The first kappa shape index (κ1) is 17.2. The Morgan fingerprint density at radius 1 is 1.36 bits per heavy atom. The average molecular weight is 342 g/mol. The molecular formula is C15H23N3O2S2. The first-order valence-electron chi connectivity index (χ1n) is 7.44. The molecule has 2 aromatic heterocycles. The predicted octanol–water partition coefficient (Wildman–Crippen LogP) is 3.49. The molecule has 0 amide bonds. The van der Waals surface area contributed by atoms with Crippen molar-refractivity contribution in [3.63, 3.8) is 0 Å². The summed E-state index contributed by atoms with van der Waals surface area (Å²) in [5, 5.41) is 6.15. The monoisotopic (exact) mass is 341 g/mol. The molecular weight excluding hydrogens is 318 g/mol. The lowest BCUT2D eigenvalue weighted by Crippen LogP contribution is -2.42. The summed E-state index contributed by atoms with van der Waals surface area (Å²) in [5.74, 6) is 0. The van der Waals surface area contributed by atoms with Gasteiger partial charge in [0.15, 0.2) is 0 Å². The van der Waals surface area contributed by atoms with Gasteiger partial charge in [-0.25, -0.2) is 13.1 Å². The lowest BCUT2D eigenvalue weighted by Gasteiger charge is -2.23. The minimum absolute atomic E-state index is 0.341. The van der Waals surface area contributed by atoms with E-state index < -0.39 is 15.6 Å². The first-order valence-corrected chi connectivity index (χ1v) is 9.80. The van der Waals surface area contributed by atoms with E-state index in [1.807, 2.05) is 36.9 Å². The lowest BCUT2D eigenvalue weighted by molar-refractivity contribution is 0.440. The number of nitrogens with zero attached hydrogens (tertiary/aromatic N) is 2. The van der Waals surface area contributed by atoms with E-state index in [1.165, 1.54) is 11.3 Å². The highest BCUT2D eigenvalue weighted by atomic mass is 32.2. The smallest absolute Gasteiger partial charge is 0.250 e. The molecule has 0 radical (unpaired) electrons. The van der Waals surface area contributed by atoms with Crippen LogP contribution in [0.5, 0.6) is 0 Å². The summed E-state index contributed by atoms with van der Waals surface area (Å²) in [5.41, 5.74) is 1.40. The van der Waals surface area contributed by atoms with Crippen molar-refractivity contribution in [3.8, 4) is 11.3 Å². The third-order valence-corrected chi connectivity index (χ3v) is 6.72. The van der Waals surface area contributed by atoms with Crippen LogP contribution in [0.3, 0.4) is 0 Å². The van der Waals surface area contributed by atoms with Crippen LogP contribution in [-0.2, 0) is 16.6 Å². The minimum atomic E-state index is -3.49. The molecule has 7 heteroatoms. The van der Waals surface area contributed by atoms with E-state index in [-0.39, 0.29) is 0 Å². The van der Waals surface area contributed by atoms with Gasteiger partial charge in [-0.15, -0.1) is 11.3 Å². The molecule has 0 saturated carbocycles. The number of hydrogen-bond donors (Lipinski definition) is 1. The summed E-state index contributed by atoms with van der Waals surface area (Å²) >= 11 is 1.24. The Balaban J connectivity index is 2.30. The van der Waals surface area contributed by atoms with E-state index in [1.54, 1.807) is 12.3 Å². The maximum Gasteiger partial charge on any atom is 0.250 e. The molecule has 0 atom stereocenters. The topological polar surface area (TPSA) is 64.0 Å². The van der Waals surface area contributed by atoms with Gasteiger partial charge in [-0.1, -0.05) is 13.8 Å². The van der Waals surface area contributed by atoms with Crippen molar-refractivity contribution < 1.29 is 8.42 Å². The normalized spacial score (nSPS) is 12.7. The Labute approximate surface area is 136 Å². The second-order valence-electron chi connectivity index (χ2n) is 5.94. The van der Waals surface area contributed by atoms with Gasteiger partial charge in [0.05, 0.1) is 5.69 Å². The molecule has 0 saturated heterocycles. The van der Waals surface area contributed by atoms with E-state index >= 15 is 0 Å². The van der Waals surface area contributed by atoms with Gasteiger partial charge in [-0.05, 0) is 38.8 Å². The Morgan fingerprint density at radius 2 is 2.09 bits per heavy atom. The number of thiophene rings is 1. The maximum absolute atomic E-state index is 12.5. The first-order chi connectivity index (χ1) is 10.3. The molecule has 2 heterocycles. The zero-order chi connectivity index (χ0) is 16.4. The Bertz CT molecular complexity index is 730. The molecule has 5 nitrogen and oxygen atoms in total. The van der Waals surface area contributed by atoms with Crippen LogP contribution in [0, 0.1) is 0 Å². The third kappa shape index (κ3) is 3.77. The van der Waals surface area contributed by atoms with Crippen molar-refractivity contribution >= 4 is 21.4 Å². The SMILES string of the molecule is CCCn1nccc1-c1csc(S(=O)(=O)NC(C)(C)CC)c1. The molecule has 0 bridgehead atoms. The molecule has 0 aromatic carbocycles. The summed E-state index contributed by atoms with van der Waals surface area (Å²) in [7, 11) is -3.49. The standard InChI is InChI=1S/C15H23N3O2S2/c1-5-9-18-13(7-8-16-18)12-10-14(21-11-12)22(19,20)17-15(3,4)6-2/h7-8,10-11,17H,5-6,9H2,1-4H3. The molecule has 2 rings (SSSR count). The van der Waals surface area contributed by atoms with E-state index in [9.17, 15) is 8.42 Å². The van der Waals surface area contributed by atoms with Crippen LogP contribution in [0.2, 0.25) is 0 Å². The van der Waals surface area contributed by atoms with Gasteiger partial charge in [0.25, 0.3) is 10.0 Å². The van der Waals surface area contributed by atoms with Gasteiger partial charge in [0, 0.05) is 29.2 Å². The molecule has 0 aliphatic heterocycles. The number of hydrogen-bond acceptors (Lipinski definition) is 4. The largest absolute Gasteiger partial charge is 0.265 e. The maximum atomic E-state index is 12.5. The van der Waals surface area contributed by atoms with Crippen molar-refractivity contribution in [2.75, 3.05) is 0 Å². The summed E-state index contributed by atoms with van der Waals surface area (Å²) < 4.78 is 30.0. The summed E-state index contributed by atoms with van der Waals surface area (Å²) in [6.45, 7) is 8.64. The Kier molecular flexibility index (Phi) is 5.09. The van der Waals surface area contributed by atoms with Crippen LogP contribution in [0.25, 0.3) is 11.3 Å². The van der Waals surface area contributed by atoms with Crippen molar-refractivity contribution in [1.82, 2.24) is 14.5 Å². The van der Waals surface area contributed by atoms with Gasteiger partial charge < -0.3 is 0 Å².